The number of hydrogen-bond donors (Lipinski definition) is 2. The highest BCUT2D eigenvalue weighted by Crippen LogP contribution is 2.21. The second kappa shape index (κ2) is 8.70. The number of hydrogen-bond acceptors (Lipinski definition) is 4. The lowest BCUT2D eigenvalue weighted by Crippen LogP contribution is -2.49. The van der Waals surface area contributed by atoms with Crippen molar-refractivity contribution in [1.29, 1.82) is 0 Å². The molecule has 0 aliphatic heterocycles. The number of benzene rings is 1. The highest BCUT2D eigenvalue weighted by Gasteiger charge is 2.24. The number of nitrogens with two attached hydrogens (primary N) is 1. The molecule has 0 fully saturated rings. The van der Waals surface area contributed by atoms with E-state index in [4.69, 9.17) is 10.5 Å². The van der Waals surface area contributed by atoms with Crippen molar-refractivity contribution in [3.8, 4) is 11.4 Å². The average molecular weight is 353 g/mol. The maximum absolute atomic E-state index is 12.5. The van der Waals surface area contributed by atoms with E-state index in [0.29, 0.717) is 18.9 Å². The molecule has 0 saturated heterocycles. The van der Waals surface area contributed by atoms with Crippen molar-refractivity contribution in [2.45, 2.75) is 32.7 Å². The van der Waals surface area contributed by atoms with E-state index in [1.54, 1.807) is 10.9 Å². The molecule has 0 aliphatic rings. The quantitative estimate of drug-likeness (QED) is 0.802. The monoisotopic (exact) mass is 352 g/mol. The number of nitrogens with zero attached hydrogens (tertiary/aromatic N) is 2. The smallest absolute Gasteiger partial charge is 0.276 e. The van der Waals surface area contributed by atoms with E-state index < -0.39 is 5.54 Å². The molecule has 0 unspecified atom stereocenters. The number of amides is 1. The molecule has 1 aromatic heterocycles. The largest absolute Gasteiger partial charge is 0.489 e. The minimum Gasteiger partial charge on any atom is -0.489 e. The van der Waals surface area contributed by atoms with Crippen LogP contribution in [0.25, 0.3) is 5.69 Å². The molecule has 0 bridgehead atoms. The van der Waals surface area contributed by atoms with Gasteiger partial charge in [-0.3, -0.25) is 4.79 Å². The summed E-state index contributed by atoms with van der Waals surface area (Å²) in [4.78, 5) is 12.5. The molecule has 0 aliphatic carbocycles. The molecule has 0 atom stereocenters. The van der Waals surface area contributed by atoms with Gasteiger partial charge in [-0.1, -0.05) is 25.1 Å². The van der Waals surface area contributed by atoms with Crippen LogP contribution in [-0.2, 0) is 0 Å². The number of carbonyl (C=O) groups is 1. The third-order valence-corrected chi connectivity index (χ3v) is 3.34. The first-order valence-electron chi connectivity index (χ1n) is 7.77. The minimum atomic E-state index is -0.504. The Hall–Kier alpha value is -2.05. The first-order chi connectivity index (χ1) is 11.0. The van der Waals surface area contributed by atoms with Crippen molar-refractivity contribution >= 4 is 18.3 Å². The van der Waals surface area contributed by atoms with Crippen molar-refractivity contribution in [3.05, 3.63) is 42.2 Å². The van der Waals surface area contributed by atoms with E-state index in [1.807, 2.05) is 51.1 Å². The van der Waals surface area contributed by atoms with Crippen molar-refractivity contribution in [2.75, 3.05) is 13.2 Å². The van der Waals surface area contributed by atoms with E-state index in [1.165, 1.54) is 0 Å². The summed E-state index contributed by atoms with van der Waals surface area (Å²) in [5.41, 5.74) is 6.31. The fourth-order valence-corrected chi connectivity index (χ4v) is 1.96. The summed E-state index contributed by atoms with van der Waals surface area (Å²) in [5, 5.41) is 7.27. The molecule has 6 nitrogen and oxygen atoms in total. The fourth-order valence-electron chi connectivity index (χ4n) is 1.96. The van der Waals surface area contributed by atoms with Gasteiger partial charge in [0.15, 0.2) is 11.4 Å². The SMILES string of the molecule is CCCOc1cn(-c2ccccc2)nc1C(=O)NC(C)(C)CN.Cl. The molecule has 2 rings (SSSR count). The zero-order valence-corrected chi connectivity index (χ0v) is 15.1. The van der Waals surface area contributed by atoms with Gasteiger partial charge in [0.05, 0.1) is 18.5 Å². The molecule has 7 heteroatoms. The molecule has 0 spiro atoms. The summed E-state index contributed by atoms with van der Waals surface area (Å²) in [6, 6.07) is 9.60. The van der Waals surface area contributed by atoms with Crippen LogP contribution in [0.5, 0.6) is 5.75 Å². The van der Waals surface area contributed by atoms with Crippen LogP contribution in [0.4, 0.5) is 0 Å². The Labute approximate surface area is 148 Å². The van der Waals surface area contributed by atoms with Gasteiger partial charge in [-0.15, -0.1) is 12.4 Å². The van der Waals surface area contributed by atoms with E-state index in [0.717, 1.165) is 12.1 Å². The van der Waals surface area contributed by atoms with Gasteiger partial charge in [0.25, 0.3) is 5.91 Å². The molecular weight excluding hydrogens is 328 g/mol. The zero-order chi connectivity index (χ0) is 16.9. The second-order valence-electron chi connectivity index (χ2n) is 6.01. The molecule has 3 N–H and O–H groups in total. The van der Waals surface area contributed by atoms with Crippen molar-refractivity contribution in [3.63, 3.8) is 0 Å². The predicted molar refractivity (Wildman–Crippen MR) is 97.2 cm³/mol. The highest BCUT2D eigenvalue weighted by atomic mass is 35.5. The van der Waals surface area contributed by atoms with Crippen LogP contribution >= 0.6 is 12.4 Å². The highest BCUT2D eigenvalue weighted by molar-refractivity contribution is 5.95. The molecule has 1 amide bonds. The molecule has 1 heterocycles. The maximum atomic E-state index is 12.5. The van der Waals surface area contributed by atoms with Crippen LogP contribution in [0.15, 0.2) is 36.5 Å². The zero-order valence-electron chi connectivity index (χ0n) is 14.3. The fraction of sp³-hybridized carbons (Fsp3) is 0.412. The summed E-state index contributed by atoms with van der Waals surface area (Å²) < 4.78 is 7.33. The molecule has 24 heavy (non-hydrogen) atoms. The Morgan fingerprint density at radius 1 is 1.33 bits per heavy atom. The first-order valence-corrected chi connectivity index (χ1v) is 7.77. The Bertz CT molecular complexity index is 656. The van der Waals surface area contributed by atoms with E-state index >= 15 is 0 Å². The van der Waals surface area contributed by atoms with E-state index in [2.05, 4.69) is 10.4 Å². The van der Waals surface area contributed by atoms with Crippen LogP contribution in [-0.4, -0.2) is 34.4 Å². The Morgan fingerprint density at radius 2 is 2.00 bits per heavy atom. The normalized spacial score (nSPS) is 10.8. The molecule has 0 radical (unpaired) electrons. The summed E-state index contributed by atoms with van der Waals surface area (Å²) in [5.74, 6) is 0.183. The first kappa shape index (κ1) is 20.0. The minimum absolute atomic E-state index is 0. The number of rotatable bonds is 7. The Balaban J connectivity index is 0.00000288. The van der Waals surface area contributed by atoms with Gasteiger partial charge in [0.2, 0.25) is 0 Å². The van der Waals surface area contributed by atoms with Crippen LogP contribution in [0, 0.1) is 0 Å². The summed E-state index contributed by atoms with van der Waals surface area (Å²) in [7, 11) is 0. The van der Waals surface area contributed by atoms with Gasteiger partial charge < -0.3 is 15.8 Å². The number of carbonyl (C=O) groups excluding carboxylic acids is 1. The molecule has 0 saturated carbocycles. The third kappa shape index (κ3) is 4.97. The maximum Gasteiger partial charge on any atom is 0.276 e. The lowest BCUT2D eigenvalue weighted by atomic mass is 10.1. The lowest BCUT2D eigenvalue weighted by molar-refractivity contribution is 0.0906. The van der Waals surface area contributed by atoms with Crippen molar-refractivity contribution in [2.24, 2.45) is 5.73 Å². The number of halogens is 1. The van der Waals surface area contributed by atoms with Gasteiger partial charge in [-0.25, -0.2) is 4.68 Å². The van der Waals surface area contributed by atoms with Crippen LogP contribution in [0.1, 0.15) is 37.7 Å². The summed E-state index contributed by atoms with van der Waals surface area (Å²) in [6.07, 6.45) is 2.58. The van der Waals surface area contributed by atoms with Crippen LogP contribution < -0.4 is 15.8 Å². The Morgan fingerprint density at radius 3 is 2.58 bits per heavy atom. The molecule has 1 aromatic carbocycles. The molecule has 2 aromatic rings. The van der Waals surface area contributed by atoms with Crippen molar-refractivity contribution < 1.29 is 9.53 Å². The van der Waals surface area contributed by atoms with Gasteiger partial charge in [-0.2, -0.15) is 5.10 Å². The second-order valence-corrected chi connectivity index (χ2v) is 6.01. The topological polar surface area (TPSA) is 82.2 Å². The average Bonchev–Trinajstić information content (AvgIpc) is 2.97. The number of nitrogens with one attached hydrogen (secondary N) is 1. The van der Waals surface area contributed by atoms with Gasteiger partial charge in [-0.05, 0) is 32.4 Å². The summed E-state index contributed by atoms with van der Waals surface area (Å²) >= 11 is 0. The number of aromatic nitrogens is 2. The molecular formula is C17H25ClN4O2. The van der Waals surface area contributed by atoms with Gasteiger partial charge in [0.1, 0.15) is 0 Å². The molecule has 132 valence electrons. The van der Waals surface area contributed by atoms with Crippen molar-refractivity contribution in [1.82, 2.24) is 15.1 Å². The van der Waals surface area contributed by atoms with Gasteiger partial charge >= 0.3 is 0 Å². The predicted octanol–water partition coefficient (Wildman–Crippen LogP) is 2.55. The number of para-hydroxylation sites is 1. The van der Waals surface area contributed by atoms with Crippen LogP contribution in [0.2, 0.25) is 0 Å². The van der Waals surface area contributed by atoms with E-state index in [9.17, 15) is 4.79 Å². The van der Waals surface area contributed by atoms with Gasteiger partial charge in [0, 0.05) is 12.1 Å². The third-order valence-electron chi connectivity index (χ3n) is 3.34. The Kier molecular flexibility index (Phi) is 7.25. The number of ether oxygens (including phenoxy) is 1. The lowest BCUT2D eigenvalue weighted by Gasteiger charge is -2.23. The van der Waals surface area contributed by atoms with Crippen LogP contribution in [0.3, 0.4) is 0 Å². The summed E-state index contributed by atoms with van der Waals surface area (Å²) in [6.45, 7) is 6.61. The van der Waals surface area contributed by atoms with E-state index in [-0.39, 0.29) is 24.0 Å². The standard InChI is InChI=1S/C17H24N4O2.ClH/c1-4-10-23-14-11-21(13-8-6-5-7-9-13)20-15(14)16(22)19-17(2,3)12-18;/h5-9,11H,4,10,12,18H2,1-3H3,(H,19,22);1H.